The van der Waals surface area contributed by atoms with Crippen LogP contribution in [0.25, 0.3) is 0 Å². The number of anilines is 2. The standard InChI is InChI=1S/C13H16N4OS/c1-9-4-3-5-10(14)12(9)16-11(18)8-19-13-15-6-7-17(13)2/h3-7H,8,14H2,1-2H3,(H,16,18). The third kappa shape index (κ3) is 3.29. The summed E-state index contributed by atoms with van der Waals surface area (Å²) in [5.41, 5.74) is 8.07. The van der Waals surface area contributed by atoms with Crippen LogP contribution in [0.5, 0.6) is 0 Å². The largest absolute Gasteiger partial charge is 0.397 e. The summed E-state index contributed by atoms with van der Waals surface area (Å²) >= 11 is 1.39. The van der Waals surface area contributed by atoms with E-state index in [4.69, 9.17) is 5.73 Å². The monoisotopic (exact) mass is 276 g/mol. The van der Waals surface area contributed by atoms with Crippen molar-refractivity contribution in [3.05, 3.63) is 36.2 Å². The van der Waals surface area contributed by atoms with Gasteiger partial charge in [-0.2, -0.15) is 0 Å². The van der Waals surface area contributed by atoms with Crippen molar-refractivity contribution < 1.29 is 4.79 Å². The molecule has 1 heterocycles. The van der Waals surface area contributed by atoms with E-state index in [2.05, 4.69) is 10.3 Å². The highest BCUT2D eigenvalue weighted by molar-refractivity contribution is 7.99. The van der Waals surface area contributed by atoms with Crippen LogP contribution < -0.4 is 11.1 Å². The van der Waals surface area contributed by atoms with E-state index in [0.717, 1.165) is 10.7 Å². The summed E-state index contributed by atoms with van der Waals surface area (Å²) in [5.74, 6) is 0.215. The normalized spacial score (nSPS) is 10.4. The van der Waals surface area contributed by atoms with E-state index >= 15 is 0 Å². The number of amides is 1. The van der Waals surface area contributed by atoms with Crippen LogP contribution in [0.3, 0.4) is 0 Å². The fourth-order valence-electron chi connectivity index (χ4n) is 1.66. The summed E-state index contributed by atoms with van der Waals surface area (Å²) in [7, 11) is 1.90. The van der Waals surface area contributed by atoms with Gasteiger partial charge < -0.3 is 15.6 Å². The summed E-state index contributed by atoms with van der Waals surface area (Å²) < 4.78 is 1.88. The molecule has 0 spiro atoms. The number of nitrogens with zero attached hydrogens (tertiary/aromatic N) is 2. The van der Waals surface area contributed by atoms with Gasteiger partial charge in [-0.3, -0.25) is 4.79 Å². The van der Waals surface area contributed by atoms with Gasteiger partial charge >= 0.3 is 0 Å². The Morgan fingerprint density at radius 2 is 2.32 bits per heavy atom. The second-order valence-electron chi connectivity index (χ2n) is 4.20. The lowest BCUT2D eigenvalue weighted by atomic mass is 10.1. The van der Waals surface area contributed by atoms with Gasteiger partial charge in [0, 0.05) is 19.4 Å². The number of benzene rings is 1. The van der Waals surface area contributed by atoms with Crippen molar-refractivity contribution in [1.29, 1.82) is 0 Å². The highest BCUT2D eigenvalue weighted by Gasteiger charge is 2.09. The first-order valence-electron chi connectivity index (χ1n) is 5.83. The molecule has 2 aromatic rings. The van der Waals surface area contributed by atoms with Gasteiger partial charge in [-0.1, -0.05) is 23.9 Å². The average Bonchev–Trinajstić information content (AvgIpc) is 2.77. The van der Waals surface area contributed by atoms with E-state index in [1.807, 2.05) is 36.9 Å². The van der Waals surface area contributed by atoms with Crippen LogP contribution in [-0.4, -0.2) is 21.2 Å². The Labute approximate surface area is 116 Å². The molecular weight excluding hydrogens is 260 g/mol. The molecule has 1 aromatic heterocycles. The lowest BCUT2D eigenvalue weighted by Crippen LogP contribution is -2.16. The summed E-state index contributed by atoms with van der Waals surface area (Å²) in [6.07, 6.45) is 3.55. The van der Waals surface area contributed by atoms with Gasteiger partial charge in [0.2, 0.25) is 5.91 Å². The van der Waals surface area contributed by atoms with Gasteiger partial charge in [0.1, 0.15) is 0 Å². The molecule has 19 heavy (non-hydrogen) atoms. The Hall–Kier alpha value is -1.95. The van der Waals surface area contributed by atoms with Crippen molar-refractivity contribution in [2.45, 2.75) is 12.1 Å². The molecule has 0 aliphatic carbocycles. The van der Waals surface area contributed by atoms with Gasteiger partial charge in [-0.05, 0) is 18.6 Å². The Bertz CT molecular complexity index is 574. The number of para-hydroxylation sites is 1. The van der Waals surface area contributed by atoms with Gasteiger partial charge in [0.25, 0.3) is 0 Å². The molecule has 0 saturated heterocycles. The summed E-state index contributed by atoms with van der Waals surface area (Å²) in [6.45, 7) is 1.91. The van der Waals surface area contributed by atoms with Gasteiger partial charge in [-0.25, -0.2) is 4.98 Å². The maximum Gasteiger partial charge on any atom is 0.234 e. The molecule has 0 unspecified atom stereocenters. The quantitative estimate of drug-likeness (QED) is 0.662. The molecule has 0 saturated carbocycles. The number of aryl methyl sites for hydroxylation is 2. The average molecular weight is 276 g/mol. The SMILES string of the molecule is Cc1cccc(N)c1NC(=O)CSc1nccn1C. The number of carbonyl (C=O) groups excluding carboxylic acids is 1. The molecular formula is C13H16N4OS. The van der Waals surface area contributed by atoms with Crippen molar-refractivity contribution >= 4 is 29.0 Å². The number of thioether (sulfide) groups is 1. The van der Waals surface area contributed by atoms with Crippen LogP contribution in [0.4, 0.5) is 11.4 Å². The Morgan fingerprint density at radius 1 is 1.53 bits per heavy atom. The minimum atomic E-state index is -0.0889. The molecule has 6 heteroatoms. The van der Waals surface area contributed by atoms with E-state index in [1.54, 1.807) is 12.3 Å². The van der Waals surface area contributed by atoms with Gasteiger partial charge in [0.05, 0.1) is 17.1 Å². The maximum atomic E-state index is 11.9. The molecule has 0 atom stereocenters. The fraction of sp³-hybridized carbons (Fsp3) is 0.231. The number of nitrogens with two attached hydrogens (primary N) is 1. The third-order valence-corrected chi connectivity index (χ3v) is 3.74. The molecule has 5 nitrogen and oxygen atoms in total. The molecule has 0 fully saturated rings. The van der Waals surface area contributed by atoms with Gasteiger partial charge in [0.15, 0.2) is 5.16 Å². The van der Waals surface area contributed by atoms with Crippen LogP contribution in [0.15, 0.2) is 35.7 Å². The topological polar surface area (TPSA) is 72.9 Å². The van der Waals surface area contributed by atoms with Crippen molar-refractivity contribution in [2.24, 2.45) is 7.05 Å². The summed E-state index contributed by atoms with van der Waals surface area (Å²) in [6, 6.07) is 5.55. The fourth-order valence-corrected chi connectivity index (χ4v) is 2.39. The number of rotatable bonds is 4. The van der Waals surface area contributed by atoms with Crippen LogP contribution in [0.2, 0.25) is 0 Å². The van der Waals surface area contributed by atoms with Crippen molar-refractivity contribution in [2.75, 3.05) is 16.8 Å². The van der Waals surface area contributed by atoms with E-state index in [1.165, 1.54) is 11.8 Å². The summed E-state index contributed by atoms with van der Waals surface area (Å²) in [5, 5.41) is 3.65. The zero-order chi connectivity index (χ0) is 13.8. The first-order valence-corrected chi connectivity index (χ1v) is 6.81. The Morgan fingerprint density at radius 3 is 2.95 bits per heavy atom. The minimum Gasteiger partial charge on any atom is -0.397 e. The van der Waals surface area contributed by atoms with E-state index in [-0.39, 0.29) is 5.91 Å². The van der Waals surface area contributed by atoms with Crippen LogP contribution in [-0.2, 0) is 11.8 Å². The van der Waals surface area contributed by atoms with Gasteiger partial charge in [-0.15, -0.1) is 0 Å². The Kier molecular flexibility index (Phi) is 4.11. The number of aromatic nitrogens is 2. The molecule has 3 N–H and O–H groups in total. The maximum absolute atomic E-state index is 11.9. The van der Waals surface area contributed by atoms with Crippen molar-refractivity contribution in [3.8, 4) is 0 Å². The van der Waals surface area contributed by atoms with E-state index < -0.39 is 0 Å². The lowest BCUT2D eigenvalue weighted by Gasteiger charge is -2.10. The first kappa shape index (κ1) is 13.5. The number of nitrogen functional groups attached to an aromatic ring is 1. The number of hydrogen-bond donors (Lipinski definition) is 2. The number of carbonyl (C=O) groups is 1. The first-order chi connectivity index (χ1) is 9.08. The predicted molar refractivity (Wildman–Crippen MR) is 78.2 cm³/mol. The second kappa shape index (κ2) is 5.79. The highest BCUT2D eigenvalue weighted by atomic mass is 32.2. The zero-order valence-corrected chi connectivity index (χ0v) is 11.7. The smallest absolute Gasteiger partial charge is 0.234 e. The highest BCUT2D eigenvalue weighted by Crippen LogP contribution is 2.23. The van der Waals surface area contributed by atoms with Crippen molar-refractivity contribution in [3.63, 3.8) is 0 Å². The molecule has 1 aromatic carbocycles. The molecule has 0 aliphatic heterocycles. The van der Waals surface area contributed by atoms with Crippen LogP contribution in [0.1, 0.15) is 5.56 Å². The third-order valence-electron chi connectivity index (χ3n) is 2.68. The van der Waals surface area contributed by atoms with Crippen LogP contribution in [0, 0.1) is 6.92 Å². The number of imidazole rings is 1. The second-order valence-corrected chi connectivity index (χ2v) is 5.14. The van der Waals surface area contributed by atoms with E-state index in [9.17, 15) is 4.79 Å². The number of hydrogen-bond acceptors (Lipinski definition) is 4. The lowest BCUT2D eigenvalue weighted by molar-refractivity contribution is -0.113. The molecule has 0 bridgehead atoms. The Balaban J connectivity index is 1.97. The van der Waals surface area contributed by atoms with Crippen LogP contribution >= 0.6 is 11.8 Å². The molecule has 0 radical (unpaired) electrons. The predicted octanol–water partition coefficient (Wildman–Crippen LogP) is 2.04. The molecule has 1 amide bonds. The molecule has 0 aliphatic rings. The molecule has 100 valence electrons. The molecule has 2 rings (SSSR count). The number of nitrogens with one attached hydrogen (secondary N) is 1. The zero-order valence-electron chi connectivity index (χ0n) is 10.9. The minimum absolute atomic E-state index is 0.0889. The summed E-state index contributed by atoms with van der Waals surface area (Å²) in [4.78, 5) is 16.0. The van der Waals surface area contributed by atoms with E-state index in [0.29, 0.717) is 17.1 Å². The van der Waals surface area contributed by atoms with Crippen molar-refractivity contribution in [1.82, 2.24) is 9.55 Å².